The highest BCUT2D eigenvalue weighted by Crippen LogP contribution is 2.35. The summed E-state index contributed by atoms with van der Waals surface area (Å²) in [4.78, 5) is 19.5. The number of nitrogens with zero attached hydrogens (tertiary/aromatic N) is 2. The van der Waals surface area contributed by atoms with Gasteiger partial charge in [-0.1, -0.05) is 41.9 Å². The van der Waals surface area contributed by atoms with Gasteiger partial charge in [0.05, 0.1) is 37.4 Å². The number of esters is 1. The van der Waals surface area contributed by atoms with Crippen molar-refractivity contribution < 1.29 is 32.2 Å². The summed E-state index contributed by atoms with van der Waals surface area (Å²) >= 11 is 6.26. The van der Waals surface area contributed by atoms with E-state index in [1.807, 2.05) is 18.2 Å². The number of carbonyl (C=O) groups is 1. The first-order chi connectivity index (χ1) is 19.1. The lowest BCUT2D eigenvalue weighted by molar-refractivity contribution is -0.138. The van der Waals surface area contributed by atoms with Crippen LogP contribution in [0.4, 0.5) is 13.2 Å². The first kappa shape index (κ1) is 27.4. The van der Waals surface area contributed by atoms with Crippen LogP contribution in [0.25, 0.3) is 0 Å². The number of ether oxygens (including phenoxy) is 3. The van der Waals surface area contributed by atoms with Gasteiger partial charge < -0.3 is 24.4 Å². The molecule has 7 nitrogen and oxygen atoms in total. The molecule has 0 amide bonds. The molecule has 2 heterocycles. The van der Waals surface area contributed by atoms with E-state index >= 15 is 0 Å². The second-order valence-corrected chi connectivity index (χ2v) is 9.67. The number of halogens is 4. The van der Waals surface area contributed by atoms with Crippen molar-refractivity contribution in [1.29, 1.82) is 0 Å². The molecular weight excluding hydrogens is 547 g/mol. The lowest BCUT2D eigenvalue weighted by Crippen LogP contribution is -2.48. The molecule has 3 aromatic rings. The maximum atomic E-state index is 13.4. The number of fused-ring (bicyclic) bond motifs is 1. The van der Waals surface area contributed by atoms with Gasteiger partial charge in [0.1, 0.15) is 0 Å². The molecule has 11 heteroatoms. The van der Waals surface area contributed by atoms with E-state index in [4.69, 9.17) is 30.8 Å². The molecule has 0 spiro atoms. The summed E-state index contributed by atoms with van der Waals surface area (Å²) < 4.78 is 56.3. The third-order valence-electron chi connectivity index (χ3n) is 6.64. The Morgan fingerprint density at radius 1 is 1.07 bits per heavy atom. The predicted molar refractivity (Wildman–Crippen MR) is 143 cm³/mol. The number of aliphatic imine (C=N–C) groups is 1. The van der Waals surface area contributed by atoms with Crippen LogP contribution in [-0.4, -0.2) is 30.7 Å². The molecule has 0 aromatic heterocycles. The third-order valence-corrected chi connectivity index (χ3v) is 6.88. The summed E-state index contributed by atoms with van der Waals surface area (Å²) in [5.74, 6) is 1.03. The number of hydrogen-bond acceptors (Lipinski definition) is 5. The second kappa shape index (κ2) is 11.1. The molecule has 0 saturated carbocycles. The molecule has 0 saturated heterocycles. The van der Waals surface area contributed by atoms with Crippen molar-refractivity contribution in [1.82, 2.24) is 10.2 Å². The number of nitrogens with one attached hydrogen (secondary N) is 1. The van der Waals surface area contributed by atoms with Gasteiger partial charge in [-0.05, 0) is 60.0 Å². The van der Waals surface area contributed by atoms with Gasteiger partial charge in [-0.3, -0.25) is 0 Å². The molecule has 5 rings (SSSR count). The van der Waals surface area contributed by atoms with E-state index in [1.54, 1.807) is 42.2 Å². The van der Waals surface area contributed by atoms with Crippen LogP contribution < -0.4 is 14.8 Å². The van der Waals surface area contributed by atoms with Crippen LogP contribution in [0.15, 0.2) is 83.0 Å². The number of carbonyl (C=O) groups excluding carboxylic acids is 1. The van der Waals surface area contributed by atoms with E-state index in [1.165, 1.54) is 13.2 Å². The lowest BCUT2D eigenvalue weighted by atomic mass is 9.94. The van der Waals surface area contributed by atoms with Crippen LogP contribution in [0.2, 0.25) is 5.02 Å². The molecule has 2 aliphatic rings. The van der Waals surface area contributed by atoms with Crippen molar-refractivity contribution in [2.24, 2.45) is 4.99 Å². The van der Waals surface area contributed by atoms with Crippen molar-refractivity contribution in [3.8, 4) is 11.5 Å². The summed E-state index contributed by atoms with van der Waals surface area (Å²) in [5, 5.41) is 3.79. The van der Waals surface area contributed by atoms with Gasteiger partial charge in [-0.2, -0.15) is 13.2 Å². The predicted octanol–water partition coefficient (Wildman–Crippen LogP) is 6.24. The minimum absolute atomic E-state index is 0.0193. The third kappa shape index (κ3) is 5.72. The average molecular weight is 572 g/mol. The molecule has 0 bridgehead atoms. The van der Waals surface area contributed by atoms with Gasteiger partial charge >= 0.3 is 12.1 Å². The lowest BCUT2D eigenvalue weighted by Gasteiger charge is -2.38. The molecule has 40 heavy (non-hydrogen) atoms. The maximum Gasteiger partial charge on any atom is 0.416 e. The van der Waals surface area contributed by atoms with Crippen LogP contribution in [0.1, 0.15) is 35.2 Å². The van der Waals surface area contributed by atoms with Crippen LogP contribution in [-0.2, 0) is 28.8 Å². The Balaban J connectivity index is 1.58. The fourth-order valence-electron chi connectivity index (χ4n) is 4.66. The highest BCUT2D eigenvalue weighted by Gasteiger charge is 2.36. The molecule has 208 valence electrons. The molecular formula is C29H25ClF3N3O4. The fourth-order valence-corrected chi connectivity index (χ4v) is 4.86. The minimum atomic E-state index is -4.49. The van der Waals surface area contributed by atoms with E-state index in [0.29, 0.717) is 44.9 Å². The molecule has 3 aromatic carbocycles. The molecule has 0 radical (unpaired) electrons. The monoisotopic (exact) mass is 571 g/mol. The number of benzene rings is 3. The van der Waals surface area contributed by atoms with Crippen LogP contribution in [0.5, 0.6) is 11.5 Å². The van der Waals surface area contributed by atoms with Gasteiger partial charge in [0, 0.05) is 10.7 Å². The summed E-state index contributed by atoms with van der Waals surface area (Å²) in [6, 6.07) is 16.9. The summed E-state index contributed by atoms with van der Waals surface area (Å²) in [5.41, 5.74) is 1.92. The molecule has 1 atom stereocenters. The van der Waals surface area contributed by atoms with E-state index in [0.717, 1.165) is 17.7 Å². The Kier molecular flexibility index (Phi) is 7.62. The van der Waals surface area contributed by atoms with Gasteiger partial charge in [0.2, 0.25) is 6.79 Å². The Morgan fingerprint density at radius 2 is 1.85 bits per heavy atom. The number of hydrogen-bond donors (Lipinski definition) is 1. The van der Waals surface area contributed by atoms with Crippen LogP contribution in [0.3, 0.4) is 0 Å². The zero-order chi connectivity index (χ0) is 28.4. The Bertz CT molecular complexity index is 1510. The molecule has 0 aliphatic carbocycles. The van der Waals surface area contributed by atoms with Gasteiger partial charge in [-0.25, -0.2) is 9.79 Å². The van der Waals surface area contributed by atoms with Crippen molar-refractivity contribution >= 4 is 23.5 Å². The van der Waals surface area contributed by atoms with Crippen molar-refractivity contribution in [2.75, 3.05) is 13.9 Å². The Morgan fingerprint density at radius 3 is 2.60 bits per heavy atom. The van der Waals surface area contributed by atoms with E-state index < -0.39 is 23.8 Å². The maximum absolute atomic E-state index is 13.4. The van der Waals surface area contributed by atoms with Crippen molar-refractivity contribution in [2.45, 2.75) is 32.2 Å². The van der Waals surface area contributed by atoms with Gasteiger partial charge in [-0.15, -0.1) is 0 Å². The van der Waals surface area contributed by atoms with Gasteiger partial charge in [0.25, 0.3) is 0 Å². The highest BCUT2D eigenvalue weighted by atomic mass is 35.5. The number of alkyl halides is 3. The molecule has 2 aliphatic heterocycles. The zero-order valence-electron chi connectivity index (χ0n) is 21.6. The number of rotatable bonds is 6. The number of guanidine groups is 1. The summed E-state index contributed by atoms with van der Waals surface area (Å²) in [6.45, 7) is 2.10. The first-order valence-electron chi connectivity index (χ1n) is 12.3. The van der Waals surface area contributed by atoms with Gasteiger partial charge in [0.15, 0.2) is 17.5 Å². The Hall–Kier alpha value is -4.18. The highest BCUT2D eigenvalue weighted by molar-refractivity contribution is 6.30. The smallest absolute Gasteiger partial charge is 0.416 e. The molecule has 1 N–H and O–H groups in total. The van der Waals surface area contributed by atoms with Crippen LogP contribution in [0, 0.1) is 0 Å². The van der Waals surface area contributed by atoms with Crippen molar-refractivity contribution in [3.63, 3.8) is 0 Å². The fraction of sp³-hybridized carbons (Fsp3) is 0.241. The SMILES string of the molecule is COC(=O)C1=C(C)N(Cc2cccc(C(F)(F)F)c2)C(=NCc2ccc3c(c2)OCO3)NC1c1cccc(Cl)c1. The second-order valence-electron chi connectivity index (χ2n) is 9.23. The largest absolute Gasteiger partial charge is 0.466 e. The number of methoxy groups -OCH3 is 1. The quantitative estimate of drug-likeness (QED) is 0.353. The summed E-state index contributed by atoms with van der Waals surface area (Å²) in [7, 11) is 1.28. The Labute approximate surface area is 233 Å². The normalized spacial score (nSPS) is 17.7. The summed E-state index contributed by atoms with van der Waals surface area (Å²) in [6.07, 6.45) is -4.49. The zero-order valence-corrected chi connectivity index (χ0v) is 22.3. The number of allylic oxidation sites excluding steroid dienone is 1. The van der Waals surface area contributed by atoms with Crippen molar-refractivity contribution in [3.05, 3.63) is 105 Å². The molecule has 0 fully saturated rings. The van der Waals surface area contributed by atoms with Crippen LogP contribution >= 0.6 is 11.6 Å². The van der Waals surface area contributed by atoms with E-state index in [-0.39, 0.29) is 19.9 Å². The molecule has 1 unspecified atom stereocenters. The first-order valence-corrected chi connectivity index (χ1v) is 12.7. The average Bonchev–Trinajstić information content (AvgIpc) is 3.40. The minimum Gasteiger partial charge on any atom is -0.466 e. The standard InChI is InChI=1S/C29H25ClF3N3O4/c1-17-25(27(37)38-2)26(20-6-4-8-22(30)13-20)35-28(34-14-18-9-10-23-24(12-18)40-16-39-23)36(17)15-19-5-3-7-21(11-19)29(31,32)33/h3-13,26H,14-16H2,1-2H3,(H,34,35). The van der Waals surface area contributed by atoms with E-state index in [9.17, 15) is 18.0 Å². The topological polar surface area (TPSA) is 72.4 Å². The van der Waals surface area contributed by atoms with E-state index in [2.05, 4.69) is 5.32 Å².